The second kappa shape index (κ2) is 5.95. The number of aromatic nitrogens is 2. The maximum absolute atomic E-state index is 4.71. The van der Waals surface area contributed by atoms with Crippen LogP contribution in [0.4, 0.5) is 11.8 Å². The van der Waals surface area contributed by atoms with E-state index in [0.717, 1.165) is 24.9 Å². The smallest absolute Gasteiger partial charge is 0.226 e. The number of nitrogens with one attached hydrogen (secondary N) is 1. The number of anilines is 2. The predicted molar refractivity (Wildman–Crippen MR) is 82.4 cm³/mol. The highest BCUT2D eigenvalue weighted by molar-refractivity contribution is 5.45. The summed E-state index contributed by atoms with van der Waals surface area (Å²) in [6, 6.07) is 3.35. The van der Waals surface area contributed by atoms with Crippen molar-refractivity contribution in [2.75, 3.05) is 37.0 Å². The molecule has 1 saturated carbocycles. The quantitative estimate of drug-likeness (QED) is 0.885. The summed E-state index contributed by atoms with van der Waals surface area (Å²) in [6.07, 6.45) is 8.43. The van der Waals surface area contributed by atoms with Gasteiger partial charge in [0, 0.05) is 38.9 Å². The highest BCUT2D eigenvalue weighted by Crippen LogP contribution is 2.31. The highest BCUT2D eigenvalue weighted by atomic mass is 15.3. The third-order valence-electron chi connectivity index (χ3n) is 4.14. The molecule has 1 saturated heterocycles. The molecule has 2 fully saturated rings. The van der Waals surface area contributed by atoms with Gasteiger partial charge in [0.1, 0.15) is 5.82 Å². The molecular formula is C15H25N5. The van der Waals surface area contributed by atoms with E-state index in [9.17, 15) is 0 Å². The molecule has 20 heavy (non-hydrogen) atoms. The van der Waals surface area contributed by atoms with Gasteiger partial charge in [0.2, 0.25) is 5.95 Å². The van der Waals surface area contributed by atoms with Gasteiger partial charge in [-0.1, -0.05) is 6.42 Å². The maximum Gasteiger partial charge on any atom is 0.226 e. The van der Waals surface area contributed by atoms with Crippen LogP contribution in [0.1, 0.15) is 32.1 Å². The van der Waals surface area contributed by atoms with Gasteiger partial charge in [-0.25, -0.2) is 4.98 Å². The first-order valence-corrected chi connectivity index (χ1v) is 7.74. The van der Waals surface area contributed by atoms with Crippen molar-refractivity contribution in [3.63, 3.8) is 0 Å². The van der Waals surface area contributed by atoms with Gasteiger partial charge in [0.15, 0.2) is 0 Å². The minimum Gasteiger partial charge on any atom is -0.352 e. The van der Waals surface area contributed by atoms with Crippen molar-refractivity contribution in [1.29, 1.82) is 0 Å². The van der Waals surface area contributed by atoms with Crippen LogP contribution in [0.2, 0.25) is 0 Å². The fourth-order valence-electron chi connectivity index (χ4n) is 2.85. The van der Waals surface area contributed by atoms with Gasteiger partial charge in [-0.2, -0.15) is 4.98 Å². The van der Waals surface area contributed by atoms with E-state index in [1.807, 2.05) is 31.3 Å². The zero-order valence-corrected chi connectivity index (χ0v) is 12.5. The average molecular weight is 275 g/mol. The molecule has 0 spiro atoms. The molecule has 0 amide bonds. The molecule has 0 aromatic carbocycles. The Morgan fingerprint density at radius 2 is 2.10 bits per heavy atom. The molecule has 1 N–H and O–H groups in total. The molecule has 2 aliphatic rings. The Morgan fingerprint density at radius 1 is 1.25 bits per heavy atom. The van der Waals surface area contributed by atoms with E-state index in [-0.39, 0.29) is 0 Å². The van der Waals surface area contributed by atoms with Crippen LogP contribution in [-0.4, -0.2) is 49.2 Å². The van der Waals surface area contributed by atoms with Crippen LogP contribution in [0.3, 0.4) is 0 Å². The first kappa shape index (κ1) is 13.6. The fraction of sp³-hybridized carbons (Fsp3) is 0.733. The molecule has 1 aromatic heterocycles. The summed E-state index contributed by atoms with van der Waals surface area (Å²) in [7, 11) is 3.98. The molecule has 110 valence electrons. The van der Waals surface area contributed by atoms with Crippen LogP contribution in [0.25, 0.3) is 0 Å². The minimum atomic E-state index is 0.613. The van der Waals surface area contributed by atoms with E-state index in [0.29, 0.717) is 12.1 Å². The first-order valence-electron chi connectivity index (χ1n) is 7.74. The van der Waals surface area contributed by atoms with Crippen molar-refractivity contribution in [3.05, 3.63) is 12.3 Å². The lowest BCUT2D eigenvalue weighted by molar-refractivity contribution is 0.397. The molecule has 1 atom stereocenters. The molecule has 2 heterocycles. The van der Waals surface area contributed by atoms with Gasteiger partial charge in [-0.05, 0) is 38.3 Å². The molecule has 1 aliphatic carbocycles. The van der Waals surface area contributed by atoms with Crippen LogP contribution >= 0.6 is 0 Å². The van der Waals surface area contributed by atoms with Gasteiger partial charge in [0.05, 0.1) is 0 Å². The lowest BCUT2D eigenvalue weighted by atomic mass is 10.0. The Balaban J connectivity index is 1.74. The van der Waals surface area contributed by atoms with Crippen molar-refractivity contribution < 1.29 is 0 Å². The molecular weight excluding hydrogens is 250 g/mol. The molecule has 1 aliphatic heterocycles. The summed E-state index contributed by atoms with van der Waals surface area (Å²) in [6.45, 7) is 2.24. The van der Waals surface area contributed by atoms with Crippen LogP contribution in [0.5, 0.6) is 0 Å². The van der Waals surface area contributed by atoms with Crippen molar-refractivity contribution in [2.45, 2.75) is 44.2 Å². The van der Waals surface area contributed by atoms with E-state index in [2.05, 4.69) is 15.2 Å². The maximum atomic E-state index is 4.71. The lowest BCUT2D eigenvalue weighted by Gasteiger charge is -2.31. The van der Waals surface area contributed by atoms with Crippen molar-refractivity contribution in [2.24, 2.45) is 0 Å². The minimum absolute atomic E-state index is 0.613. The third kappa shape index (κ3) is 3.20. The molecule has 5 nitrogen and oxygen atoms in total. The summed E-state index contributed by atoms with van der Waals surface area (Å²) < 4.78 is 0. The standard InChI is InChI=1S/C15H25N5/c1-19(2)15-17-10-8-14(18-15)20(13-6-7-13)11-12-5-3-4-9-16-12/h8,10,12-13,16H,3-7,9,11H2,1-2H3. The van der Waals surface area contributed by atoms with E-state index >= 15 is 0 Å². The molecule has 0 radical (unpaired) electrons. The van der Waals surface area contributed by atoms with E-state index in [1.54, 1.807) is 0 Å². The molecule has 5 heteroatoms. The van der Waals surface area contributed by atoms with Gasteiger partial charge in [0.25, 0.3) is 0 Å². The third-order valence-corrected chi connectivity index (χ3v) is 4.14. The molecule has 1 unspecified atom stereocenters. The summed E-state index contributed by atoms with van der Waals surface area (Å²) in [5.74, 6) is 1.88. The largest absolute Gasteiger partial charge is 0.352 e. The summed E-state index contributed by atoms with van der Waals surface area (Å²) in [5.41, 5.74) is 0. The van der Waals surface area contributed by atoms with E-state index < -0.39 is 0 Å². The number of rotatable bonds is 5. The average Bonchev–Trinajstić information content (AvgIpc) is 3.30. The Hall–Kier alpha value is -1.36. The predicted octanol–water partition coefficient (Wildman–Crippen LogP) is 1.65. The van der Waals surface area contributed by atoms with Crippen LogP contribution < -0.4 is 15.1 Å². The number of piperidine rings is 1. The Morgan fingerprint density at radius 3 is 2.75 bits per heavy atom. The van der Waals surface area contributed by atoms with E-state index in [4.69, 9.17) is 4.98 Å². The fourth-order valence-corrected chi connectivity index (χ4v) is 2.85. The van der Waals surface area contributed by atoms with Crippen molar-refractivity contribution in [3.8, 4) is 0 Å². The zero-order chi connectivity index (χ0) is 13.9. The summed E-state index contributed by atoms with van der Waals surface area (Å²) in [4.78, 5) is 13.5. The second-order valence-corrected chi connectivity index (χ2v) is 6.14. The van der Waals surface area contributed by atoms with Crippen LogP contribution in [-0.2, 0) is 0 Å². The SMILES string of the molecule is CN(C)c1nccc(N(CC2CCCCN2)C2CC2)n1. The van der Waals surface area contributed by atoms with Crippen molar-refractivity contribution >= 4 is 11.8 Å². The monoisotopic (exact) mass is 275 g/mol. The lowest BCUT2D eigenvalue weighted by Crippen LogP contribution is -2.45. The second-order valence-electron chi connectivity index (χ2n) is 6.14. The van der Waals surface area contributed by atoms with Crippen LogP contribution in [0.15, 0.2) is 12.3 Å². The van der Waals surface area contributed by atoms with Crippen LogP contribution in [0, 0.1) is 0 Å². The topological polar surface area (TPSA) is 44.3 Å². The van der Waals surface area contributed by atoms with Gasteiger partial charge >= 0.3 is 0 Å². The van der Waals surface area contributed by atoms with Gasteiger partial charge < -0.3 is 15.1 Å². The van der Waals surface area contributed by atoms with E-state index in [1.165, 1.54) is 32.1 Å². The molecule has 0 bridgehead atoms. The Labute approximate surface area is 121 Å². The molecule has 1 aromatic rings. The first-order chi connectivity index (χ1) is 9.74. The number of nitrogens with zero attached hydrogens (tertiary/aromatic N) is 4. The number of hydrogen-bond acceptors (Lipinski definition) is 5. The molecule has 3 rings (SSSR count). The Kier molecular flexibility index (Phi) is 4.05. The highest BCUT2D eigenvalue weighted by Gasteiger charge is 2.32. The zero-order valence-electron chi connectivity index (χ0n) is 12.5. The van der Waals surface area contributed by atoms with Gasteiger partial charge in [-0.15, -0.1) is 0 Å². The Bertz CT molecular complexity index is 438. The van der Waals surface area contributed by atoms with Gasteiger partial charge in [-0.3, -0.25) is 0 Å². The summed E-state index contributed by atoms with van der Waals surface area (Å²) in [5, 5.41) is 3.64. The van der Waals surface area contributed by atoms with Crippen molar-refractivity contribution in [1.82, 2.24) is 15.3 Å². The normalized spacial score (nSPS) is 22.6. The number of hydrogen-bond donors (Lipinski definition) is 1. The summed E-state index contributed by atoms with van der Waals surface area (Å²) >= 11 is 0.